The second-order valence-corrected chi connectivity index (χ2v) is 5.92. The Hall–Kier alpha value is -2.36. The highest BCUT2D eigenvalue weighted by atomic mass is 19.1. The monoisotopic (exact) mass is 313 g/mol. The fourth-order valence-corrected chi connectivity index (χ4v) is 3.26. The minimum absolute atomic E-state index is 0.0692. The molecule has 0 aromatic heterocycles. The molecule has 3 rings (SSSR count). The quantitative estimate of drug-likeness (QED) is 0.912. The van der Waals surface area contributed by atoms with Crippen molar-refractivity contribution in [2.75, 3.05) is 6.61 Å². The van der Waals surface area contributed by atoms with Gasteiger partial charge in [0, 0.05) is 5.56 Å². The molecule has 4 heteroatoms. The van der Waals surface area contributed by atoms with Gasteiger partial charge < -0.3 is 10.1 Å². The summed E-state index contributed by atoms with van der Waals surface area (Å²) in [6.45, 7) is -0.0692. The van der Waals surface area contributed by atoms with E-state index < -0.39 is 5.54 Å². The van der Waals surface area contributed by atoms with Crippen molar-refractivity contribution in [3.63, 3.8) is 0 Å². The molecule has 2 aromatic rings. The van der Waals surface area contributed by atoms with Crippen molar-refractivity contribution in [3.8, 4) is 5.75 Å². The van der Waals surface area contributed by atoms with Crippen molar-refractivity contribution in [3.05, 3.63) is 66.0 Å². The van der Waals surface area contributed by atoms with E-state index in [0.29, 0.717) is 11.3 Å². The Labute approximate surface area is 135 Å². The molecule has 0 atom stereocenters. The predicted octanol–water partition coefficient (Wildman–Crippen LogP) is 3.79. The van der Waals surface area contributed by atoms with Crippen LogP contribution < -0.4 is 10.1 Å². The summed E-state index contributed by atoms with van der Waals surface area (Å²) in [4.78, 5) is 12.3. The Morgan fingerprint density at radius 3 is 2.39 bits per heavy atom. The Bertz CT molecular complexity index is 666. The molecule has 0 aliphatic heterocycles. The number of carbonyl (C=O) groups excluding carboxylic acids is 1. The molecule has 0 bridgehead atoms. The molecule has 1 aliphatic carbocycles. The lowest BCUT2D eigenvalue weighted by Gasteiger charge is -2.31. The molecule has 1 fully saturated rings. The van der Waals surface area contributed by atoms with Gasteiger partial charge >= 0.3 is 0 Å². The lowest BCUT2D eigenvalue weighted by molar-refractivity contribution is -0.125. The van der Waals surface area contributed by atoms with Crippen LogP contribution in [0.4, 0.5) is 4.39 Å². The van der Waals surface area contributed by atoms with Crippen LogP contribution in [-0.4, -0.2) is 12.5 Å². The van der Waals surface area contributed by atoms with E-state index in [1.807, 2.05) is 24.3 Å². The van der Waals surface area contributed by atoms with Gasteiger partial charge in [0.25, 0.3) is 5.91 Å². The summed E-state index contributed by atoms with van der Waals surface area (Å²) in [5.74, 6) is 0.159. The molecule has 1 aliphatic rings. The van der Waals surface area contributed by atoms with Gasteiger partial charge in [0.05, 0.1) is 5.54 Å². The van der Waals surface area contributed by atoms with Gasteiger partial charge in [-0.05, 0) is 31.0 Å². The SMILES string of the molecule is O=C(COc1ccccc1)NC1(c2ccccc2F)CCCC1. The third kappa shape index (κ3) is 3.52. The first kappa shape index (κ1) is 15.5. The van der Waals surface area contributed by atoms with E-state index in [2.05, 4.69) is 5.32 Å². The normalized spacial score (nSPS) is 16.0. The third-order valence-electron chi connectivity index (χ3n) is 4.34. The summed E-state index contributed by atoms with van der Waals surface area (Å²) < 4.78 is 19.7. The molecular formula is C19H20FNO2. The van der Waals surface area contributed by atoms with Gasteiger partial charge in [0.2, 0.25) is 0 Å². The number of amides is 1. The van der Waals surface area contributed by atoms with Crippen molar-refractivity contribution >= 4 is 5.91 Å². The Morgan fingerprint density at radius 2 is 1.70 bits per heavy atom. The second kappa shape index (κ2) is 6.82. The van der Waals surface area contributed by atoms with E-state index in [1.54, 1.807) is 24.3 Å². The van der Waals surface area contributed by atoms with Crippen LogP contribution in [0.25, 0.3) is 0 Å². The summed E-state index contributed by atoms with van der Waals surface area (Å²) in [5.41, 5.74) is -0.0341. The standard InChI is InChI=1S/C19H20FNO2/c20-17-11-5-4-10-16(17)19(12-6-7-13-19)21-18(22)14-23-15-8-2-1-3-9-15/h1-5,8-11H,6-7,12-14H2,(H,21,22). The Kier molecular flexibility index (Phi) is 4.60. The summed E-state index contributed by atoms with van der Waals surface area (Å²) in [5, 5.41) is 3.02. The van der Waals surface area contributed by atoms with Gasteiger partial charge in [-0.1, -0.05) is 49.2 Å². The third-order valence-corrected chi connectivity index (χ3v) is 4.34. The fraction of sp³-hybridized carbons (Fsp3) is 0.316. The number of para-hydroxylation sites is 1. The molecule has 1 saturated carbocycles. The number of halogens is 1. The summed E-state index contributed by atoms with van der Waals surface area (Å²) in [6.07, 6.45) is 3.47. The van der Waals surface area contributed by atoms with E-state index in [-0.39, 0.29) is 18.3 Å². The van der Waals surface area contributed by atoms with Crippen LogP contribution in [0.1, 0.15) is 31.2 Å². The highest BCUT2D eigenvalue weighted by Crippen LogP contribution is 2.39. The highest BCUT2D eigenvalue weighted by molar-refractivity contribution is 5.78. The van der Waals surface area contributed by atoms with Crippen LogP contribution in [0.5, 0.6) is 5.75 Å². The number of rotatable bonds is 5. The van der Waals surface area contributed by atoms with Gasteiger partial charge in [0.1, 0.15) is 11.6 Å². The number of hydrogen-bond acceptors (Lipinski definition) is 2. The molecule has 0 heterocycles. The molecule has 0 radical (unpaired) electrons. The van der Waals surface area contributed by atoms with Gasteiger partial charge in [-0.25, -0.2) is 4.39 Å². The largest absolute Gasteiger partial charge is 0.484 e. The molecule has 1 N–H and O–H groups in total. The van der Waals surface area contributed by atoms with Crippen molar-refractivity contribution in [1.82, 2.24) is 5.32 Å². The van der Waals surface area contributed by atoms with E-state index in [1.165, 1.54) is 6.07 Å². The minimum atomic E-state index is -0.609. The lowest BCUT2D eigenvalue weighted by atomic mass is 9.87. The fourth-order valence-electron chi connectivity index (χ4n) is 3.26. The average molecular weight is 313 g/mol. The van der Waals surface area contributed by atoms with Crippen LogP contribution in [0, 0.1) is 5.82 Å². The zero-order chi connectivity index (χ0) is 16.1. The zero-order valence-electron chi connectivity index (χ0n) is 12.9. The lowest BCUT2D eigenvalue weighted by Crippen LogP contribution is -2.46. The Morgan fingerprint density at radius 1 is 1.04 bits per heavy atom. The Balaban J connectivity index is 1.70. The van der Waals surface area contributed by atoms with Gasteiger partial charge in [0.15, 0.2) is 6.61 Å². The predicted molar refractivity (Wildman–Crippen MR) is 86.6 cm³/mol. The summed E-state index contributed by atoms with van der Waals surface area (Å²) in [7, 11) is 0. The average Bonchev–Trinajstić information content (AvgIpc) is 3.04. The first-order valence-electron chi connectivity index (χ1n) is 7.93. The molecule has 2 aromatic carbocycles. The van der Waals surface area contributed by atoms with Crippen LogP contribution in [0.3, 0.4) is 0 Å². The number of benzene rings is 2. The van der Waals surface area contributed by atoms with Crippen molar-refractivity contribution in [1.29, 1.82) is 0 Å². The molecule has 3 nitrogen and oxygen atoms in total. The molecular weight excluding hydrogens is 293 g/mol. The van der Waals surface area contributed by atoms with Gasteiger partial charge in [-0.2, -0.15) is 0 Å². The van der Waals surface area contributed by atoms with Crippen LogP contribution >= 0.6 is 0 Å². The van der Waals surface area contributed by atoms with Crippen LogP contribution in [0.2, 0.25) is 0 Å². The maximum atomic E-state index is 14.2. The second-order valence-electron chi connectivity index (χ2n) is 5.92. The molecule has 120 valence electrons. The van der Waals surface area contributed by atoms with E-state index in [9.17, 15) is 9.18 Å². The van der Waals surface area contributed by atoms with Crippen molar-refractivity contribution in [2.24, 2.45) is 0 Å². The summed E-state index contributed by atoms with van der Waals surface area (Å²) >= 11 is 0. The van der Waals surface area contributed by atoms with Gasteiger partial charge in [-0.3, -0.25) is 4.79 Å². The smallest absolute Gasteiger partial charge is 0.258 e. The van der Waals surface area contributed by atoms with E-state index in [4.69, 9.17) is 4.74 Å². The molecule has 23 heavy (non-hydrogen) atoms. The minimum Gasteiger partial charge on any atom is -0.484 e. The highest BCUT2D eigenvalue weighted by Gasteiger charge is 2.38. The maximum Gasteiger partial charge on any atom is 0.258 e. The maximum absolute atomic E-state index is 14.2. The first-order valence-corrected chi connectivity index (χ1v) is 7.93. The first-order chi connectivity index (χ1) is 11.2. The number of nitrogens with one attached hydrogen (secondary N) is 1. The van der Waals surface area contributed by atoms with Crippen molar-refractivity contribution in [2.45, 2.75) is 31.2 Å². The van der Waals surface area contributed by atoms with Crippen molar-refractivity contribution < 1.29 is 13.9 Å². The van der Waals surface area contributed by atoms with E-state index >= 15 is 0 Å². The topological polar surface area (TPSA) is 38.3 Å². The molecule has 0 unspecified atom stereocenters. The number of hydrogen-bond donors (Lipinski definition) is 1. The molecule has 0 saturated heterocycles. The number of carbonyl (C=O) groups is 1. The van der Waals surface area contributed by atoms with Crippen LogP contribution in [-0.2, 0) is 10.3 Å². The van der Waals surface area contributed by atoms with E-state index in [0.717, 1.165) is 25.7 Å². The number of ether oxygens (including phenoxy) is 1. The van der Waals surface area contributed by atoms with Gasteiger partial charge in [-0.15, -0.1) is 0 Å². The van der Waals surface area contributed by atoms with Crippen LogP contribution in [0.15, 0.2) is 54.6 Å². The zero-order valence-corrected chi connectivity index (χ0v) is 12.9. The summed E-state index contributed by atoms with van der Waals surface area (Å²) in [6, 6.07) is 15.9. The molecule has 0 spiro atoms. The molecule has 1 amide bonds.